The molecule has 1 aromatic rings. The Morgan fingerprint density at radius 2 is 1.73 bits per heavy atom. The summed E-state index contributed by atoms with van der Waals surface area (Å²) in [7, 11) is 0. The third kappa shape index (κ3) is 7.77. The zero-order valence-electron chi connectivity index (χ0n) is 18.2. The van der Waals surface area contributed by atoms with E-state index in [-0.39, 0.29) is 12.3 Å². The SMILES string of the molecule is CC(=O)N[C@@H]1[C@@H](OC(C)=O)[C@H](OC(C)=O)[C@@H](COC(C)=O)O[C@H]1[Se]c1ccc([N+](=O)[O-])cn1. The standard InChI is InChI=1S/C19H23N3O10Se/c1-9(23)21-16-18(31-12(4)26)17(30-11(3)25)14(8-29-10(2)24)32-19(16)33-15-6-5-13(7-20-15)22(27)28/h5-7,14,16-19H,8H2,1-4H3,(H,21,23)/t14-,16-,17-,18-,19+/m1/s1. The van der Waals surface area contributed by atoms with Crippen molar-refractivity contribution in [1.82, 2.24) is 10.3 Å². The van der Waals surface area contributed by atoms with Gasteiger partial charge in [-0.05, 0) is 0 Å². The van der Waals surface area contributed by atoms with Crippen LogP contribution in [0.4, 0.5) is 5.69 Å². The predicted molar refractivity (Wildman–Crippen MR) is 110 cm³/mol. The molecule has 1 amide bonds. The second-order valence-corrected chi connectivity index (χ2v) is 9.30. The Labute approximate surface area is 194 Å². The van der Waals surface area contributed by atoms with Crippen LogP contribution in [0, 0.1) is 10.1 Å². The second kappa shape index (κ2) is 11.7. The normalized spacial score (nSPS) is 24.3. The van der Waals surface area contributed by atoms with Gasteiger partial charge in [0, 0.05) is 0 Å². The summed E-state index contributed by atoms with van der Waals surface area (Å²) in [4.78, 5) is 61.2. The second-order valence-electron chi connectivity index (χ2n) is 6.95. The number of ether oxygens (including phenoxy) is 4. The topological polar surface area (TPSA) is 173 Å². The number of nitrogens with zero attached hydrogens (tertiary/aromatic N) is 2. The predicted octanol–water partition coefficient (Wildman–Crippen LogP) is -1.02. The van der Waals surface area contributed by atoms with E-state index >= 15 is 0 Å². The summed E-state index contributed by atoms with van der Waals surface area (Å²) in [5.41, 5.74) is -0.196. The van der Waals surface area contributed by atoms with Crippen molar-refractivity contribution in [3.63, 3.8) is 0 Å². The molecule has 0 saturated carbocycles. The van der Waals surface area contributed by atoms with Crippen molar-refractivity contribution in [3.05, 3.63) is 28.4 Å². The molecular weight excluding hydrogens is 509 g/mol. The number of aromatic nitrogens is 1. The molecule has 1 saturated heterocycles. The van der Waals surface area contributed by atoms with Crippen LogP contribution in [0.2, 0.25) is 0 Å². The molecule has 1 aliphatic rings. The van der Waals surface area contributed by atoms with Crippen LogP contribution in [-0.4, -0.2) is 84.6 Å². The van der Waals surface area contributed by atoms with Gasteiger partial charge in [0.25, 0.3) is 0 Å². The molecule has 0 aromatic carbocycles. The van der Waals surface area contributed by atoms with E-state index in [0.717, 1.165) is 20.0 Å². The van der Waals surface area contributed by atoms with Crippen LogP contribution in [-0.2, 0) is 38.1 Å². The Morgan fingerprint density at radius 1 is 1.09 bits per heavy atom. The van der Waals surface area contributed by atoms with Crippen LogP contribution in [0.5, 0.6) is 0 Å². The van der Waals surface area contributed by atoms with Crippen LogP contribution >= 0.6 is 0 Å². The Morgan fingerprint density at radius 3 is 2.21 bits per heavy atom. The molecule has 180 valence electrons. The monoisotopic (exact) mass is 533 g/mol. The number of nitrogens with one attached hydrogen (secondary N) is 1. The Kier molecular flexibility index (Phi) is 9.26. The molecule has 0 aliphatic carbocycles. The summed E-state index contributed by atoms with van der Waals surface area (Å²) in [6.07, 6.45) is -2.26. The summed E-state index contributed by atoms with van der Waals surface area (Å²) in [6.45, 7) is 4.45. The van der Waals surface area contributed by atoms with Crippen LogP contribution in [0.1, 0.15) is 27.7 Å². The van der Waals surface area contributed by atoms with Crippen LogP contribution in [0.15, 0.2) is 18.3 Å². The molecular formula is C19H23N3O10Se. The van der Waals surface area contributed by atoms with Crippen molar-refractivity contribution in [2.24, 2.45) is 0 Å². The van der Waals surface area contributed by atoms with E-state index in [0.29, 0.717) is 4.59 Å². The van der Waals surface area contributed by atoms with Gasteiger partial charge in [0.15, 0.2) is 0 Å². The number of pyridine rings is 1. The Bertz CT molecular complexity index is 910. The summed E-state index contributed by atoms with van der Waals surface area (Å²) in [5.74, 6) is -2.46. The number of hydrogen-bond donors (Lipinski definition) is 1. The van der Waals surface area contributed by atoms with Crippen molar-refractivity contribution < 1.29 is 43.0 Å². The number of hydrogen-bond acceptors (Lipinski definition) is 11. The number of nitro groups is 1. The molecule has 1 aliphatic heterocycles. The van der Waals surface area contributed by atoms with Crippen molar-refractivity contribution in [3.8, 4) is 0 Å². The fourth-order valence-corrected chi connectivity index (χ4v) is 5.30. The molecule has 13 nitrogen and oxygen atoms in total. The molecule has 14 heteroatoms. The summed E-state index contributed by atoms with van der Waals surface area (Å²) >= 11 is -0.656. The van der Waals surface area contributed by atoms with Gasteiger partial charge in [-0.25, -0.2) is 0 Å². The van der Waals surface area contributed by atoms with Gasteiger partial charge in [0.2, 0.25) is 0 Å². The van der Waals surface area contributed by atoms with Gasteiger partial charge in [-0.3, -0.25) is 0 Å². The first-order valence-electron chi connectivity index (χ1n) is 9.65. The van der Waals surface area contributed by atoms with Gasteiger partial charge < -0.3 is 0 Å². The molecule has 1 aromatic heterocycles. The molecule has 33 heavy (non-hydrogen) atoms. The van der Waals surface area contributed by atoms with Gasteiger partial charge in [0.1, 0.15) is 0 Å². The quantitative estimate of drug-likeness (QED) is 0.143. The number of amides is 1. The summed E-state index contributed by atoms with van der Waals surface area (Å²) in [6, 6.07) is 1.79. The van der Waals surface area contributed by atoms with Crippen molar-refractivity contribution in [2.45, 2.75) is 57.1 Å². The molecule has 0 spiro atoms. The van der Waals surface area contributed by atoms with E-state index in [1.54, 1.807) is 0 Å². The van der Waals surface area contributed by atoms with Crippen LogP contribution in [0.3, 0.4) is 0 Å². The molecule has 2 rings (SSSR count). The molecule has 5 atom stereocenters. The van der Waals surface area contributed by atoms with Gasteiger partial charge in [-0.1, -0.05) is 0 Å². The third-order valence-corrected chi connectivity index (χ3v) is 6.59. The van der Waals surface area contributed by atoms with Gasteiger partial charge >= 0.3 is 195 Å². The van der Waals surface area contributed by atoms with Crippen molar-refractivity contribution in [2.75, 3.05) is 6.61 Å². The summed E-state index contributed by atoms with van der Waals surface area (Å²) in [5, 5.41) is 12.7. The fraction of sp³-hybridized carbons (Fsp3) is 0.526. The average Bonchev–Trinajstić information content (AvgIpc) is 2.70. The van der Waals surface area contributed by atoms with Crippen molar-refractivity contribution >= 4 is 49.1 Å². The Hall–Kier alpha value is -3.09. The van der Waals surface area contributed by atoms with Gasteiger partial charge in [-0.15, -0.1) is 0 Å². The van der Waals surface area contributed by atoms with E-state index in [2.05, 4.69) is 10.3 Å². The van der Waals surface area contributed by atoms with Crippen LogP contribution < -0.4 is 9.91 Å². The van der Waals surface area contributed by atoms with E-state index in [1.807, 2.05) is 0 Å². The van der Waals surface area contributed by atoms with E-state index in [4.69, 9.17) is 18.9 Å². The van der Waals surface area contributed by atoms with Gasteiger partial charge in [-0.2, -0.15) is 0 Å². The maximum absolute atomic E-state index is 11.9. The number of esters is 3. The van der Waals surface area contributed by atoms with E-state index in [1.165, 1.54) is 26.0 Å². The first-order chi connectivity index (χ1) is 15.5. The van der Waals surface area contributed by atoms with E-state index < -0.39 is 73.1 Å². The maximum atomic E-state index is 11.9. The number of rotatable bonds is 8. The fourth-order valence-electron chi connectivity index (χ4n) is 3.06. The molecule has 0 unspecified atom stereocenters. The third-order valence-electron chi connectivity index (χ3n) is 4.24. The molecule has 0 radical (unpaired) electrons. The molecule has 2 heterocycles. The number of carbonyl (C=O) groups is 4. The molecule has 1 fully saturated rings. The molecule has 1 N–H and O–H groups in total. The molecule has 0 bridgehead atoms. The first kappa shape index (κ1) is 26.2. The zero-order valence-corrected chi connectivity index (χ0v) is 19.9. The first-order valence-corrected chi connectivity index (χ1v) is 11.5. The van der Waals surface area contributed by atoms with E-state index in [9.17, 15) is 29.3 Å². The zero-order chi connectivity index (χ0) is 24.7. The number of carbonyl (C=O) groups excluding carboxylic acids is 4. The van der Waals surface area contributed by atoms with Crippen molar-refractivity contribution in [1.29, 1.82) is 0 Å². The Balaban J connectivity index is 2.43. The van der Waals surface area contributed by atoms with Gasteiger partial charge in [0.05, 0.1) is 0 Å². The van der Waals surface area contributed by atoms with Crippen LogP contribution in [0.25, 0.3) is 0 Å². The minimum atomic E-state index is -1.18. The minimum absolute atomic E-state index is 0.196. The average molecular weight is 532 g/mol. The summed E-state index contributed by atoms with van der Waals surface area (Å²) < 4.78 is 22.3.